The first kappa shape index (κ1) is 13.7. The van der Waals surface area contributed by atoms with Gasteiger partial charge in [0.25, 0.3) is 0 Å². The van der Waals surface area contributed by atoms with Gasteiger partial charge in [0.15, 0.2) is 5.65 Å². The van der Waals surface area contributed by atoms with E-state index in [-0.39, 0.29) is 0 Å². The van der Waals surface area contributed by atoms with Gasteiger partial charge in [-0.3, -0.25) is 9.58 Å². The van der Waals surface area contributed by atoms with Crippen molar-refractivity contribution in [2.24, 2.45) is 7.05 Å². The van der Waals surface area contributed by atoms with Crippen molar-refractivity contribution >= 4 is 16.9 Å². The Kier molecular flexibility index (Phi) is 4.31. The zero-order chi connectivity index (χ0) is 13.8. The third kappa shape index (κ3) is 3.01. The smallest absolute Gasteiger partial charge is 0.163 e. The third-order valence-corrected chi connectivity index (χ3v) is 3.00. The maximum atomic E-state index is 4.61. The van der Waals surface area contributed by atoms with Crippen molar-refractivity contribution < 1.29 is 0 Å². The van der Waals surface area contributed by atoms with Gasteiger partial charge in [-0.25, -0.2) is 9.97 Å². The first-order chi connectivity index (χ1) is 9.15. The predicted molar refractivity (Wildman–Crippen MR) is 77.1 cm³/mol. The Morgan fingerprint density at radius 2 is 2.11 bits per heavy atom. The molecule has 0 radical (unpaired) electrons. The molecule has 1 N–H and O–H groups in total. The number of nitrogens with zero attached hydrogens (tertiary/aromatic N) is 5. The number of hydrogen-bond donors (Lipinski definition) is 1. The summed E-state index contributed by atoms with van der Waals surface area (Å²) < 4.78 is 1.79. The van der Waals surface area contributed by atoms with E-state index in [1.807, 2.05) is 13.2 Å². The third-order valence-electron chi connectivity index (χ3n) is 3.00. The van der Waals surface area contributed by atoms with Crippen LogP contribution in [-0.2, 0) is 13.6 Å². The Morgan fingerprint density at radius 3 is 2.79 bits per heavy atom. The Bertz CT molecular complexity index is 547. The molecule has 0 unspecified atom stereocenters. The average Bonchev–Trinajstić information content (AvgIpc) is 2.72. The topological polar surface area (TPSA) is 58.9 Å². The maximum Gasteiger partial charge on any atom is 0.163 e. The zero-order valence-electron chi connectivity index (χ0n) is 12.1. The summed E-state index contributed by atoms with van der Waals surface area (Å²) in [6, 6.07) is 0. The lowest BCUT2D eigenvalue weighted by atomic mass is 10.3. The number of nitrogens with one attached hydrogen (secondary N) is 1. The minimum absolute atomic E-state index is 0.757. The summed E-state index contributed by atoms with van der Waals surface area (Å²) in [6.07, 6.45) is 2.94. The summed E-state index contributed by atoms with van der Waals surface area (Å²) in [5, 5.41) is 8.52. The fraction of sp³-hybridized carbons (Fsp3) is 0.615. The van der Waals surface area contributed by atoms with E-state index >= 15 is 0 Å². The van der Waals surface area contributed by atoms with Crippen LogP contribution in [0.15, 0.2) is 6.20 Å². The number of rotatable bonds is 6. The minimum atomic E-state index is 0.757. The number of aromatic nitrogens is 4. The first-order valence-corrected chi connectivity index (χ1v) is 6.76. The van der Waals surface area contributed by atoms with Crippen molar-refractivity contribution in [3.8, 4) is 0 Å². The Hall–Kier alpha value is -1.69. The summed E-state index contributed by atoms with van der Waals surface area (Å²) in [6.45, 7) is 6.88. The normalized spacial score (nSPS) is 11.4. The number of anilines is 1. The second kappa shape index (κ2) is 5.97. The quantitative estimate of drug-likeness (QED) is 0.857. The van der Waals surface area contributed by atoms with Crippen molar-refractivity contribution in [2.75, 3.05) is 25.5 Å². The molecule has 0 atom stereocenters. The lowest BCUT2D eigenvalue weighted by Crippen LogP contribution is -2.20. The van der Waals surface area contributed by atoms with E-state index in [4.69, 9.17) is 0 Å². The molecule has 0 amide bonds. The van der Waals surface area contributed by atoms with Crippen molar-refractivity contribution in [3.05, 3.63) is 12.0 Å². The van der Waals surface area contributed by atoms with Crippen LogP contribution in [0.1, 0.15) is 26.1 Å². The van der Waals surface area contributed by atoms with Gasteiger partial charge in [0, 0.05) is 13.6 Å². The van der Waals surface area contributed by atoms with Gasteiger partial charge in [-0.1, -0.05) is 6.92 Å². The summed E-state index contributed by atoms with van der Waals surface area (Å²) in [5.74, 6) is 1.71. The Balaban J connectivity index is 2.36. The van der Waals surface area contributed by atoms with Gasteiger partial charge < -0.3 is 5.32 Å². The number of fused-ring (bicyclic) bond motifs is 1. The minimum Gasteiger partial charge on any atom is -0.370 e. The van der Waals surface area contributed by atoms with Gasteiger partial charge in [-0.2, -0.15) is 5.10 Å². The van der Waals surface area contributed by atoms with Gasteiger partial charge in [0.1, 0.15) is 11.6 Å². The molecule has 0 fully saturated rings. The van der Waals surface area contributed by atoms with E-state index in [9.17, 15) is 0 Å². The van der Waals surface area contributed by atoms with Crippen molar-refractivity contribution in [2.45, 2.75) is 26.8 Å². The molecule has 6 nitrogen and oxygen atoms in total. The fourth-order valence-corrected chi connectivity index (χ4v) is 2.14. The molecule has 0 saturated heterocycles. The van der Waals surface area contributed by atoms with E-state index < -0.39 is 0 Å². The molecule has 19 heavy (non-hydrogen) atoms. The van der Waals surface area contributed by atoms with Crippen LogP contribution in [-0.4, -0.2) is 44.8 Å². The molecule has 0 bridgehead atoms. The summed E-state index contributed by atoms with van der Waals surface area (Å²) in [4.78, 5) is 11.4. The molecule has 104 valence electrons. The van der Waals surface area contributed by atoms with Crippen LogP contribution in [0.25, 0.3) is 11.0 Å². The highest BCUT2D eigenvalue weighted by molar-refractivity contribution is 5.86. The van der Waals surface area contributed by atoms with E-state index in [1.54, 1.807) is 4.68 Å². The molecule has 2 heterocycles. The molecule has 0 aliphatic carbocycles. The van der Waals surface area contributed by atoms with Crippen LogP contribution in [0.5, 0.6) is 0 Å². The Labute approximate surface area is 113 Å². The standard InChI is InChI=1S/C13H22N6/c1-5-7-18(3)9-11-16-12(14-6-2)10-8-15-19(4)13(10)17-11/h8H,5-7,9H2,1-4H3,(H,14,16,17). The lowest BCUT2D eigenvalue weighted by Gasteiger charge is -2.15. The van der Waals surface area contributed by atoms with Crippen LogP contribution in [0.4, 0.5) is 5.82 Å². The molecule has 2 aromatic rings. The average molecular weight is 262 g/mol. The molecule has 2 aromatic heterocycles. The zero-order valence-corrected chi connectivity index (χ0v) is 12.1. The van der Waals surface area contributed by atoms with E-state index in [0.717, 1.165) is 48.7 Å². The molecule has 0 aromatic carbocycles. The van der Waals surface area contributed by atoms with Crippen molar-refractivity contribution in [3.63, 3.8) is 0 Å². The molecule has 0 spiro atoms. The van der Waals surface area contributed by atoms with Gasteiger partial charge in [-0.15, -0.1) is 0 Å². The summed E-state index contributed by atoms with van der Waals surface area (Å²) >= 11 is 0. The molecule has 6 heteroatoms. The fourth-order valence-electron chi connectivity index (χ4n) is 2.14. The number of aryl methyl sites for hydroxylation is 1. The van der Waals surface area contributed by atoms with Crippen LogP contribution in [0.3, 0.4) is 0 Å². The predicted octanol–water partition coefficient (Wildman–Crippen LogP) is 1.64. The van der Waals surface area contributed by atoms with E-state index in [0.29, 0.717) is 0 Å². The van der Waals surface area contributed by atoms with Gasteiger partial charge in [-0.05, 0) is 26.9 Å². The van der Waals surface area contributed by atoms with Crippen molar-refractivity contribution in [1.82, 2.24) is 24.6 Å². The van der Waals surface area contributed by atoms with Gasteiger partial charge >= 0.3 is 0 Å². The molecular weight excluding hydrogens is 240 g/mol. The molecule has 0 saturated carbocycles. The van der Waals surface area contributed by atoms with Gasteiger partial charge in [0.05, 0.1) is 18.1 Å². The largest absolute Gasteiger partial charge is 0.370 e. The number of hydrogen-bond acceptors (Lipinski definition) is 5. The first-order valence-electron chi connectivity index (χ1n) is 6.76. The van der Waals surface area contributed by atoms with Crippen LogP contribution < -0.4 is 5.32 Å². The second-order valence-electron chi connectivity index (χ2n) is 4.76. The van der Waals surface area contributed by atoms with Crippen molar-refractivity contribution in [1.29, 1.82) is 0 Å². The molecular formula is C13H22N6. The highest BCUT2D eigenvalue weighted by Gasteiger charge is 2.12. The lowest BCUT2D eigenvalue weighted by molar-refractivity contribution is 0.319. The highest BCUT2D eigenvalue weighted by Crippen LogP contribution is 2.19. The highest BCUT2D eigenvalue weighted by atomic mass is 15.3. The van der Waals surface area contributed by atoms with Crippen LogP contribution in [0, 0.1) is 0 Å². The molecule has 0 aliphatic rings. The maximum absolute atomic E-state index is 4.61. The molecule has 2 rings (SSSR count). The van der Waals surface area contributed by atoms with E-state index in [1.165, 1.54) is 0 Å². The Morgan fingerprint density at radius 1 is 1.32 bits per heavy atom. The van der Waals surface area contributed by atoms with Gasteiger partial charge in [0.2, 0.25) is 0 Å². The second-order valence-corrected chi connectivity index (χ2v) is 4.76. The van der Waals surface area contributed by atoms with E-state index in [2.05, 4.69) is 46.2 Å². The SMILES string of the molecule is CCCN(C)Cc1nc(NCC)c2cnn(C)c2n1. The summed E-state index contributed by atoms with van der Waals surface area (Å²) in [7, 11) is 4.00. The monoisotopic (exact) mass is 262 g/mol. The van der Waals surface area contributed by atoms with Crippen LogP contribution in [0.2, 0.25) is 0 Å². The summed E-state index contributed by atoms with van der Waals surface area (Å²) in [5.41, 5.74) is 0.880. The molecule has 0 aliphatic heterocycles. The van der Waals surface area contributed by atoms with Crippen LogP contribution >= 0.6 is 0 Å².